The third kappa shape index (κ3) is 4.56. The summed E-state index contributed by atoms with van der Waals surface area (Å²) in [6.07, 6.45) is 0. The third-order valence-electron chi connectivity index (χ3n) is 2.88. The molecule has 114 valence electrons. The molecule has 0 atom stereocenters. The Kier molecular flexibility index (Phi) is 6.36. The molecular formula is C14H16BrNO5. The Balaban J connectivity index is 3.06. The molecule has 0 aromatic heterocycles. The molecule has 1 rings (SSSR count). The molecule has 0 aliphatic heterocycles. The van der Waals surface area contributed by atoms with E-state index in [4.69, 9.17) is 0 Å². The Labute approximate surface area is 131 Å². The van der Waals surface area contributed by atoms with Crippen LogP contribution in [0, 0.1) is 6.92 Å². The predicted octanol–water partition coefficient (Wildman–Crippen LogP) is 1.55. The zero-order valence-electron chi connectivity index (χ0n) is 12.0. The first-order valence-corrected chi connectivity index (χ1v) is 6.88. The summed E-state index contributed by atoms with van der Waals surface area (Å²) in [4.78, 5) is 36.4. The summed E-state index contributed by atoms with van der Waals surface area (Å²) < 4.78 is 9.85. The Bertz CT molecular complexity index is 540. The van der Waals surface area contributed by atoms with Crippen LogP contribution in [0.3, 0.4) is 0 Å². The van der Waals surface area contributed by atoms with E-state index in [0.717, 1.165) is 14.9 Å². The monoisotopic (exact) mass is 357 g/mol. The van der Waals surface area contributed by atoms with Crippen molar-refractivity contribution in [3.05, 3.63) is 33.8 Å². The van der Waals surface area contributed by atoms with Gasteiger partial charge in [-0.15, -0.1) is 0 Å². The second kappa shape index (κ2) is 7.78. The lowest BCUT2D eigenvalue weighted by atomic mass is 10.1. The molecule has 0 unspecified atom stereocenters. The number of halogens is 1. The molecule has 0 spiro atoms. The van der Waals surface area contributed by atoms with Crippen molar-refractivity contribution >= 4 is 33.8 Å². The van der Waals surface area contributed by atoms with Gasteiger partial charge in [0.05, 0.1) is 14.2 Å². The van der Waals surface area contributed by atoms with Gasteiger partial charge in [0.15, 0.2) is 0 Å². The van der Waals surface area contributed by atoms with Crippen LogP contribution in [0.25, 0.3) is 0 Å². The molecule has 6 nitrogen and oxygen atoms in total. The van der Waals surface area contributed by atoms with Crippen LogP contribution in [0.15, 0.2) is 22.7 Å². The smallest absolute Gasteiger partial charge is 0.325 e. The number of carbonyl (C=O) groups excluding carboxylic acids is 3. The second-order valence-electron chi connectivity index (χ2n) is 4.23. The molecule has 0 radical (unpaired) electrons. The highest BCUT2D eigenvalue weighted by atomic mass is 79.9. The molecule has 1 aromatic carbocycles. The van der Waals surface area contributed by atoms with Crippen molar-refractivity contribution in [3.63, 3.8) is 0 Å². The van der Waals surface area contributed by atoms with Crippen LogP contribution in [-0.4, -0.2) is 50.1 Å². The average molecular weight is 358 g/mol. The van der Waals surface area contributed by atoms with Crippen LogP contribution in [0.1, 0.15) is 15.9 Å². The van der Waals surface area contributed by atoms with Crippen LogP contribution >= 0.6 is 15.9 Å². The number of rotatable bonds is 5. The third-order valence-corrected chi connectivity index (χ3v) is 3.74. The Morgan fingerprint density at radius 3 is 2.10 bits per heavy atom. The van der Waals surface area contributed by atoms with Crippen LogP contribution in [0.4, 0.5) is 0 Å². The molecule has 0 aliphatic rings. The summed E-state index contributed by atoms with van der Waals surface area (Å²) in [5.41, 5.74) is 1.12. The van der Waals surface area contributed by atoms with E-state index in [1.165, 1.54) is 14.2 Å². The van der Waals surface area contributed by atoms with E-state index < -0.39 is 17.8 Å². The Morgan fingerprint density at radius 2 is 1.62 bits per heavy atom. The van der Waals surface area contributed by atoms with Gasteiger partial charge in [-0.05, 0) is 24.6 Å². The molecule has 0 N–H and O–H groups in total. The van der Waals surface area contributed by atoms with E-state index in [-0.39, 0.29) is 13.1 Å². The van der Waals surface area contributed by atoms with Crippen LogP contribution < -0.4 is 0 Å². The molecule has 7 heteroatoms. The van der Waals surface area contributed by atoms with Gasteiger partial charge < -0.3 is 14.4 Å². The van der Waals surface area contributed by atoms with Crippen molar-refractivity contribution in [1.29, 1.82) is 0 Å². The van der Waals surface area contributed by atoms with Crippen LogP contribution in [0.5, 0.6) is 0 Å². The van der Waals surface area contributed by atoms with Gasteiger partial charge in [-0.25, -0.2) is 0 Å². The number of methoxy groups -OCH3 is 2. The zero-order valence-corrected chi connectivity index (χ0v) is 13.6. The van der Waals surface area contributed by atoms with E-state index in [2.05, 4.69) is 25.4 Å². The number of benzene rings is 1. The zero-order chi connectivity index (χ0) is 16.0. The minimum atomic E-state index is -0.611. The lowest BCUT2D eigenvalue weighted by molar-refractivity contribution is -0.144. The van der Waals surface area contributed by atoms with Gasteiger partial charge in [0.1, 0.15) is 13.1 Å². The summed E-state index contributed by atoms with van der Waals surface area (Å²) in [5, 5.41) is 0. The number of ether oxygens (including phenoxy) is 2. The topological polar surface area (TPSA) is 72.9 Å². The summed E-state index contributed by atoms with van der Waals surface area (Å²) in [5.74, 6) is -1.66. The lowest BCUT2D eigenvalue weighted by Crippen LogP contribution is -2.40. The molecule has 0 saturated heterocycles. The average Bonchev–Trinajstić information content (AvgIpc) is 2.48. The SMILES string of the molecule is COC(=O)CN(CC(=O)OC)C(=O)c1cccc(Br)c1C. The fraction of sp³-hybridized carbons (Fsp3) is 0.357. The fourth-order valence-electron chi connectivity index (χ4n) is 1.65. The normalized spacial score (nSPS) is 9.90. The first-order chi connectivity index (χ1) is 9.90. The highest BCUT2D eigenvalue weighted by Crippen LogP contribution is 2.20. The molecule has 0 saturated carbocycles. The molecule has 0 bridgehead atoms. The summed E-state index contributed by atoms with van der Waals surface area (Å²) in [6.45, 7) is 1.12. The first-order valence-electron chi connectivity index (χ1n) is 6.08. The molecule has 0 heterocycles. The van der Waals surface area contributed by atoms with Gasteiger partial charge in [-0.3, -0.25) is 14.4 Å². The van der Waals surface area contributed by atoms with Gasteiger partial charge in [0, 0.05) is 10.0 Å². The molecule has 1 aromatic rings. The number of hydrogen-bond acceptors (Lipinski definition) is 5. The number of nitrogens with zero attached hydrogens (tertiary/aromatic N) is 1. The number of hydrogen-bond donors (Lipinski definition) is 0. The van der Waals surface area contributed by atoms with Gasteiger partial charge in [-0.2, -0.15) is 0 Å². The van der Waals surface area contributed by atoms with Crippen molar-refractivity contribution in [2.45, 2.75) is 6.92 Å². The van der Waals surface area contributed by atoms with E-state index in [1.54, 1.807) is 25.1 Å². The highest BCUT2D eigenvalue weighted by Gasteiger charge is 2.23. The Hall–Kier alpha value is -1.89. The molecular weight excluding hydrogens is 342 g/mol. The van der Waals surface area contributed by atoms with Gasteiger partial charge in [0.25, 0.3) is 5.91 Å². The van der Waals surface area contributed by atoms with E-state index >= 15 is 0 Å². The molecule has 1 amide bonds. The lowest BCUT2D eigenvalue weighted by Gasteiger charge is -2.21. The first kappa shape index (κ1) is 17.2. The summed E-state index contributed by atoms with van der Waals surface area (Å²) >= 11 is 3.34. The number of esters is 2. The van der Waals surface area contributed by atoms with Gasteiger partial charge in [-0.1, -0.05) is 22.0 Å². The second-order valence-corrected chi connectivity index (χ2v) is 5.08. The predicted molar refractivity (Wildman–Crippen MR) is 78.8 cm³/mol. The molecule has 0 aliphatic carbocycles. The maximum absolute atomic E-state index is 12.5. The minimum absolute atomic E-state index is 0.323. The Morgan fingerprint density at radius 1 is 1.10 bits per heavy atom. The van der Waals surface area contributed by atoms with E-state index in [1.807, 2.05) is 0 Å². The number of amides is 1. The van der Waals surface area contributed by atoms with Crippen molar-refractivity contribution < 1.29 is 23.9 Å². The summed E-state index contributed by atoms with van der Waals surface area (Å²) in [6, 6.07) is 5.14. The van der Waals surface area contributed by atoms with Crippen molar-refractivity contribution in [2.75, 3.05) is 27.3 Å². The molecule has 0 fully saturated rings. The maximum Gasteiger partial charge on any atom is 0.325 e. The largest absolute Gasteiger partial charge is 0.468 e. The van der Waals surface area contributed by atoms with Crippen LogP contribution in [0.2, 0.25) is 0 Å². The maximum atomic E-state index is 12.5. The van der Waals surface area contributed by atoms with Crippen LogP contribution in [-0.2, 0) is 19.1 Å². The van der Waals surface area contributed by atoms with Crippen molar-refractivity contribution in [1.82, 2.24) is 4.90 Å². The fourth-order valence-corrected chi connectivity index (χ4v) is 2.02. The number of carbonyl (C=O) groups is 3. The van der Waals surface area contributed by atoms with E-state index in [0.29, 0.717) is 5.56 Å². The minimum Gasteiger partial charge on any atom is -0.468 e. The van der Waals surface area contributed by atoms with E-state index in [9.17, 15) is 14.4 Å². The molecule has 21 heavy (non-hydrogen) atoms. The van der Waals surface area contributed by atoms with Gasteiger partial charge in [0.2, 0.25) is 0 Å². The standard InChI is InChI=1S/C14H16BrNO5/c1-9-10(5-4-6-11(9)15)14(19)16(7-12(17)20-2)8-13(18)21-3/h4-6H,7-8H2,1-3H3. The quantitative estimate of drug-likeness (QED) is 0.747. The van der Waals surface area contributed by atoms with Crippen molar-refractivity contribution in [3.8, 4) is 0 Å². The van der Waals surface area contributed by atoms with Gasteiger partial charge >= 0.3 is 11.9 Å². The van der Waals surface area contributed by atoms with Crippen molar-refractivity contribution in [2.24, 2.45) is 0 Å². The summed E-state index contributed by atoms with van der Waals surface area (Å²) in [7, 11) is 2.43. The highest BCUT2D eigenvalue weighted by molar-refractivity contribution is 9.10.